The van der Waals surface area contributed by atoms with E-state index in [1.807, 2.05) is 6.92 Å². The van der Waals surface area contributed by atoms with Crippen molar-refractivity contribution in [1.29, 1.82) is 0 Å². The van der Waals surface area contributed by atoms with E-state index in [0.29, 0.717) is 24.7 Å². The summed E-state index contributed by atoms with van der Waals surface area (Å²) in [5.41, 5.74) is 0.208. The van der Waals surface area contributed by atoms with Crippen molar-refractivity contribution in [2.75, 3.05) is 6.61 Å². The Labute approximate surface area is 130 Å². The summed E-state index contributed by atoms with van der Waals surface area (Å²) in [6, 6.07) is 5.58. The van der Waals surface area contributed by atoms with Crippen LogP contribution in [0.25, 0.3) is 0 Å². The molecule has 3 rings (SSSR count). The van der Waals surface area contributed by atoms with Gasteiger partial charge in [-0.2, -0.15) is 4.98 Å². The Morgan fingerprint density at radius 2 is 2.00 bits per heavy atom. The van der Waals surface area contributed by atoms with Gasteiger partial charge in [0.15, 0.2) is 5.82 Å². The topological polar surface area (TPSA) is 57.4 Å². The van der Waals surface area contributed by atoms with Gasteiger partial charge in [0.1, 0.15) is 11.4 Å². The third-order valence-electron chi connectivity index (χ3n) is 3.66. The summed E-state index contributed by atoms with van der Waals surface area (Å²) in [5, 5.41) is 3.91. The van der Waals surface area contributed by atoms with Gasteiger partial charge in [0.25, 0.3) is 5.89 Å². The lowest BCUT2D eigenvalue weighted by Crippen LogP contribution is -2.20. The van der Waals surface area contributed by atoms with E-state index in [9.17, 15) is 13.2 Å². The zero-order chi connectivity index (χ0) is 16.5. The predicted octanol–water partition coefficient (Wildman–Crippen LogP) is 3.58. The van der Waals surface area contributed by atoms with Gasteiger partial charge >= 0.3 is 6.36 Å². The van der Waals surface area contributed by atoms with Crippen LogP contribution in [0.2, 0.25) is 0 Å². The lowest BCUT2D eigenvalue weighted by Gasteiger charge is -2.16. The van der Waals surface area contributed by atoms with E-state index in [1.54, 1.807) is 0 Å². The number of ether oxygens (including phenoxy) is 2. The highest BCUT2D eigenvalue weighted by Gasteiger charge is 2.37. The molecule has 0 bridgehead atoms. The number of rotatable bonds is 4. The maximum atomic E-state index is 12.1. The number of halogens is 3. The average molecular weight is 328 g/mol. The molecule has 1 aromatic carbocycles. The van der Waals surface area contributed by atoms with Crippen molar-refractivity contribution in [3.8, 4) is 5.75 Å². The van der Waals surface area contributed by atoms with Crippen molar-refractivity contribution >= 4 is 0 Å². The fourth-order valence-corrected chi connectivity index (χ4v) is 2.48. The maximum absolute atomic E-state index is 12.1. The molecule has 23 heavy (non-hydrogen) atoms. The van der Waals surface area contributed by atoms with Gasteiger partial charge in [0.05, 0.1) is 0 Å². The fraction of sp³-hybridized carbons (Fsp3) is 0.467. The monoisotopic (exact) mass is 328 g/mol. The van der Waals surface area contributed by atoms with E-state index in [1.165, 1.54) is 24.3 Å². The van der Waals surface area contributed by atoms with E-state index < -0.39 is 12.0 Å². The molecular formula is C15H15F3N2O3. The minimum absolute atomic E-state index is 0.262. The van der Waals surface area contributed by atoms with Crippen LogP contribution in [0, 0.1) is 0 Å². The van der Waals surface area contributed by atoms with Crippen LogP contribution in [-0.2, 0) is 16.8 Å². The highest BCUT2D eigenvalue weighted by molar-refractivity contribution is 5.29. The van der Waals surface area contributed by atoms with Gasteiger partial charge in [-0.25, -0.2) is 0 Å². The van der Waals surface area contributed by atoms with Gasteiger partial charge in [-0.15, -0.1) is 13.2 Å². The van der Waals surface area contributed by atoms with E-state index in [2.05, 4.69) is 14.9 Å². The molecule has 1 saturated heterocycles. The van der Waals surface area contributed by atoms with Crippen molar-refractivity contribution in [3.05, 3.63) is 41.5 Å². The Kier molecular flexibility index (Phi) is 4.01. The minimum Gasteiger partial charge on any atom is -0.406 e. The Morgan fingerprint density at radius 1 is 1.26 bits per heavy atom. The second-order valence-corrected chi connectivity index (χ2v) is 5.57. The van der Waals surface area contributed by atoms with Crippen LogP contribution in [0.4, 0.5) is 13.2 Å². The molecule has 8 heteroatoms. The number of alkyl halides is 3. The number of hydrogen-bond acceptors (Lipinski definition) is 5. The van der Waals surface area contributed by atoms with E-state index >= 15 is 0 Å². The first-order chi connectivity index (χ1) is 10.8. The van der Waals surface area contributed by atoms with Crippen LogP contribution in [0.1, 0.15) is 37.0 Å². The molecule has 0 N–H and O–H groups in total. The quantitative estimate of drug-likeness (QED) is 0.858. The van der Waals surface area contributed by atoms with Crippen molar-refractivity contribution in [3.63, 3.8) is 0 Å². The molecule has 0 spiro atoms. The first-order valence-corrected chi connectivity index (χ1v) is 7.16. The molecule has 1 fully saturated rings. The van der Waals surface area contributed by atoms with Crippen LogP contribution < -0.4 is 4.74 Å². The van der Waals surface area contributed by atoms with E-state index in [0.717, 1.165) is 18.4 Å². The number of nitrogens with zero attached hydrogens (tertiary/aromatic N) is 2. The molecule has 0 saturated carbocycles. The van der Waals surface area contributed by atoms with Crippen molar-refractivity contribution in [2.24, 2.45) is 0 Å². The molecule has 1 aromatic heterocycles. The molecule has 0 aliphatic carbocycles. The maximum Gasteiger partial charge on any atom is 0.573 e. The largest absolute Gasteiger partial charge is 0.573 e. The minimum atomic E-state index is -4.69. The van der Waals surface area contributed by atoms with Gasteiger partial charge in [-0.05, 0) is 37.5 Å². The summed E-state index contributed by atoms with van der Waals surface area (Å²) >= 11 is 0. The zero-order valence-electron chi connectivity index (χ0n) is 12.4. The molecule has 5 nitrogen and oxygen atoms in total. The fourth-order valence-electron chi connectivity index (χ4n) is 2.48. The van der Waals surface area contributed by atoms with E-state index in [4.69, 9.17) is 9.26 Å². The number of aromatic nitrogens is 2. The van der Waals surface area contributed by atoms with Crippen LogP contribution in [0.15, 0.2) is 28.8 Å². The Bertz CT molecular complexity index is 661. The van der Waals surface area contributed by atoms with Gasteiger partial charge < -0.3 is 14.0 Å². The molecule has 0 radical (unpaired) electrons. The normalized spacial score (nSPS) is 21.6. The highest BCUT2D eigenvalue weighted by Crippen LogP contribution is 2.34. The smallest absolute Gasteiger partial charge is 0.406 e. The Morgan fingerprint density at radius 3 is 2.61 bits per heavy atom. The molecule has 1 aliphatic rings. The summed E-state index contributed by atoms with van der Waals surface area (Å²) < 4.78 is 51.0. The summed E-state index contributed by atoms with van der Waals surface area (Å²) in [7, 11) is 0. The van der Waals surface area contributed by atoms with Gasteiger partial charge in [0, 0.05) is 13.0 Å². The van der Waals surface area contributed by atoms with Crippen LogP contribution in [0.3, 0.4) is 0 Å². The average Bonchev–Trinajstić information content (AvgIpc) is 3.10. The van der Waals surface area contributed by atoms with Gasteiger partial charge in [-0.3, -0.25) is 0 Å². The molecule has 0 amide bonds. The molecule has 124 valence electrons. The summed E-state index contributed by atoms with van der Waals surface area (Å²) in [6.07, 6.45) is -2.58. The standard InChI is InChI=1S/C15H15F3N2O3/c1-14(7-2-8-21-14)13-19-12(20-23-13)9-10-3-5-11(6-4-10)22-15(16,17)18/h3-6H,2,7-9H2,1H3. The third kappa shape index (κ3) is 3.82. The van der Waals surface area contributed by atoms with Gasteiger partial charge in [0.2, 0.25) is 0 Å². The lowest BCUT2D eigenvalue weighted by atomic mass is 10.0. The second-order valence-electron chi connectivity index (χ2n) is 5.57. The summed E-state index contributed by atoms with van der Waals surface area (Å²) in [4.78, 5) is 4.33. The van der Waals surface area contributed by atoms with Crippen molar-refractivity contribution in [2.45, 2.75) is 38.1 Å². The first kappa shape index (κ1) is 15.8. The van der Waals surface area contributed by atoms with Gasteiger partial charge in [-0.1, -0.05) is 17.3 Å². The molecule has 2 aromatic rings. The van der Waals surface area contributed by atoms with E-state index in [-0.39, 0.29) is 5.75 Å². The molecule has 1 aliphatic heterocycles. The second kappa shape index (κ2) is 5.84. The molecule has 2 heterocycles. The summed E-state index contributed by atoms with van der Waals surface area (Å²) in [5.74, 6) is 0.630. The van der Waals surface area contributed by atoms with Crippen molar-refractivity contribution < 1.29 is 27.2 Å². The first-order valence-electron chi connectivity index (χ1n) is 7.16. The van der Waals surface area contributed by atoms with Crippen molar-refractivity contribution in [1.82, 2.24) is 10.1 Å². The van der Waals surface area contributed by atoms with Crippen LogP contribution in [-0.4, -0.2) is 23.1 Å². The summed E-state index contributed by atoms with van der Waals surface area (Å²) in [6.45, 7) is 2.56. The lowest BCUT2D eigenvalue weighted by molar-refractivity contribution is -0.274. The highest BCUT2D eigenvalue weighted by atomic mass is 19.4. The molecule has 1 unspecified atom stereocenters. The SMILES string of the molecule is CC1(c2nc(Cc3ccc(OC(F)(F)F)cc3)no2)CCCO1. The third-order valence-corrected chi connectivity index (χ3v) is 3.66. The predicted molar refractivity (Wildman–Crippen MR) is 72.8 cm³/mol. The molecule has 1 atom stereocenters. The van der Waals surface area contributed by atoms with Crippen LogP contribution >= 0.6 is 0 Å². The Balaban J connectivity index is 1.67. The number of benzene rings is 1. The molecular weight excluding hydrogens is 313 g/mol. The number of hydrogen-bond donors (Lipinski definition) is 0. The Hall–Kier alpha value is -2.09. The van der Waals surface area contributed by atoms with Crippen LogP contribution in [0.5, 0.6) is 5.75 Å². The zero-order valence-corrected chi connectivity index (χ0v) is 12.4.